The summed E-state index contributed by atoms with van der Waals surface area (Å²) in [6, 6.07) is 18.8. The summed E-state index contributed by atoms with van der Waals surface area (Å²) in [6.45, 7) is 0.491. The Hall–Kier alpha value is -4.84. The Morgan fingerprint density at radius 2 is 1.70 bits per heavy atom. The van der Waals surface area contributed by atoms with Crippen molar-refractivity contribution < 1.29 is 19.3 Å². The van der Waals surface area contributed by atoms with Crippen molar-refractivity contribution in [3.8, 4) is 22.8 Å². The van der Waals surface area contributed by atoms with Gasteiger partial charge in [0.05, 0.1) is 33.4 Å². The van der Waals surface area contributed by atoms with E-state index in [0.717, 1.165) is 12.0 Å². The lowest BCUT2D eigenvalue weighted by molar-refractivity contribution is -0.385. The molecule has 0 radical (unpaired) electrons. The van der Waals surface area contributed by atoms with Crippen molar-refractivity contribution in [1.29, 1.82) is 0 Å². The minimum Gasteiger partial charge on any atom is -0.454 e. The van der Waals surface area contributed by atoms with Crippen molar-refractivity contribution in [2.45, 2.75) is 6.42 Å². The van der Waals surface area contributed by atoms with E-state index in [1.165, 1.54) is 41.8 Å². The van der Waals surface area contributed by atoms with E-state index in [2.05, 4.69) is 5.10 Å². The highest BCUT2D eigenvalue weighted by atomic mass is 32.1. The van der Waals surface area contributed by atoms with Gasteiger partial charge in [0.1, 0.15) is 0 Å². The van der Waals surface area contributed by atoms with Crippen LogP contribution in [-0.4, -0.2) is 34.1 Å². The molecule has 0 N–H and O–H groups in total. The van der Waals surface area contributed by atoms with Crippen LogP contribution in [0.1, 0.15) is 11.1 Å². The first-order valence-electron chi connectivity index (χ1n) is 11.1. The van der Waals surface area contributed by atoms with Gasteiger partial charge in [0.2, 0.25) is 11.6 Å². The summed E-state index contributed by atoms with van der Waals surface area (Å²) in [4.78, 5) is 27.0. The lowest BCUT2D eigenvalue weighted by Crippen LogP contribution is -2.13. The molecular formula is C25H19N5O6S. The molecule has 1 aliphatic heterocycles. The maximum atomic E-state index is 11.7. The minimum absolute atomic E-state index is 0.0128. The van der Waals surface area contributed by atoms with Crippen molar-refractivity contribution in [1.82, 2.24) is 4.68 Å². The van der Waals surface area contributed by atoms with Gasteiger partial charge in [-0.15, -0.1) is 11.3 Å². The fourth-order valence-electron chi connectivity index (χ4n) is 3.73. The number of nitro groups is 2. The van der Waals surface area contributed by atoms with Gasteiger partial charge in [0.25, 0.3) is 11.4 Å². The van der Waals surface area contributed by atoms with Crippen LogP contribution >= 0.6 is 11.3 Å². The molecule has 1 aliphatic rings. The Labute approximate surface area is 213 Å². The highest BCUT2D eigenvalue weighted by Gasteiger charge is 2.22. The zero-order valence-corrected chi connectivity index (χ0v) is 20.0. The summed E-state index contributed by atoms with van der Waals surface area (Å²) >= 11 is 1.35. The molecule has 3 aromatic carbocycles. The lowest BCUT2D eigenvalue weighted by Gasteiger charge is -2.05. The van der Waals surface area contributed by atoms with E-state index in [1.807, 2.05) is 35.7 Å². The van der Waals surface area contributed by atoms with Crippen LogP contribution in [0.4, 0.5) is 11.4 Å². The number of aromatic nitrogens is 1. The van der Waals surface area contributed by atoms with Gasteiger partial charge in [-0.3, -0.25) is 25.2 Å². The topological polar surface area (TPSA) is 134 Å². The highest BCUT2D eigenvalue weighted by molar-refractivity contribution is 7.07. The van der Waals surface area contributed by atoms with E-state index < -0.39 is 9.85 Å². The first kappa shape index (κ1) is 23.9. The van der Waals surface area contributed by atoms with Crippen LogP contribution in [0.25, 0.3) is 11.3 Å². The molecule has 0 saturated carbocycles. The van der Waals surface area contributed by atoms with Crippen LogP contribution in [-0.2, 0) is 6.42 Å². The molecule has 11 nitrogen and oxygen atoms in total. The van der Waals surface area contributed by atoms with Crippen LogP contribution in [0.3, 0.4) is 0 Å². The standard InChI is InChI=1S/C25H19N5O6S/c31-29(32)20-8-6-18(7-9-20)22-15-37-25(26-11-10-17-4-2-1-3-5-17)28(22)27-14-19-12-23-24(36-16-35-23)13-21(19)30(33)34/h1-9,12-15H,10-11,16H2. The molecule has 1 aromatic heterocycles. The molecule has 0 amide bonds. The molecule has 0 bridgehead atoms. The number of nitrogens with zero attached hydrogens (tertiary/aromatic N) is 5. The number of hydrogen-bond donors (Lipinski definition) is 0. The molecule has 5 rings (SSSR count). The van der Waals surface area contributed by atoms with Crippen LogP contribution in [0.5, 0.6) is 11.5 Å². The van der Waals surface area contributed by atoms with Gasteiger partial charge in [-0.2, -0.15) is 5.10 Å². The number of benzene rings is 3. The average Bonchev–Trinajstić information content (AvgIpc) is 3.54. The number of rotatable bonds is 8. The van der Waals surface area contributed by atoms with Gasteiger partial charge >= 0.3 is 0 Å². The zero-order chi connectivity index (χ0) is 25.8. The van der Waals surface area contributed by atoms with Gasteiger partial charge in [0.15, 0.2) is 11.5 Å². The Bertz CT molecular complexity index is 1560. The second kappa shape index (κ2) is 10.4. The third-order valence-electron chi connectivity index (χ3n) is 5.58. The van der Waals surface area contributed by atoms with Gasteiger partial charge in [-0.1, -0.05) is 30.3 Å². The van der Waals surface area contributed by atoms with Crippen LogP contribution in [0.2, 0.25) is 0 Å². The molecule has 0 atom stereocenters. The van der Waals surface area contributed by atoms with E-state index in [0.29, 0.717) is 34.1 Å². The maximum absolute atomic E-state index is 11.7. The number of hydrogen-bond acceptors (Lipinski definition) is 9. The molecular weight excluding hydrogens is 498 g/mol. The van der Waals surface area contributed by atoms with Crippen LogP contribution in [0.15, 0.2) is 82.2 Å². The lowest BCUT2D eigenvalue weighted by atomic mass is 10.1. The van der Waals surface area contributed by atoms with E-state index in [4.69, 9.17) is 14.5 Å². The Balaban J connectivity index is 1.54. The van der Waals surface area contributed by atoms with E-state index in [1.54, 1.807) is 16.8 Å². The highest BCUT2D eigenvalue weighted by Crippen LogP contribution is 2.37. The van der Waals surface area contributed by atoms with Crippen molar-refractivity contribution >= 4 is 28.9 Å². The largest absolute Gasteiger partial charge is 0.454 e. The number of fused-ring (bicyclic) bond motifs is 1. The smallest absolute Gasteiger partial charge is 0.282 e. The molecule has 37 heavy (non-hydrogen) atoms. The van der Waals surface area contributed by atoms with Crippen molar-refractivity contribution in [2.24, 2.45) is 10.1 Å². The van der Waals surface area contributed by atoms with Crippen LogP contribution < -0.4 is 14.3 Å². The summed E-state index contributed by atoms with van der Waals surface area (Å²) in [5.41, 5.74) is 2.49. The summed E-state index contributed by atoms with van der Waals surface area (Å²) in [5.74, 6) is 0.695. The molecule has 0 unspecified atom stereocenters. The average molecular weight is 518 g/mol. The van der Waals surface area contributed by atoms with Crippen molar-refractivity contribution in [2.75, 3.05) is 13.3 Å². The number of thiazole rings is 1. The molecule has 0 saturated heterocycles. The summed E-state index contributed by atoms with van der Waals surface area (Å²) in [7, 11) is 0. The van der Waals surface area contributed by atoms with E-state index >= 15 is 0 Å². The first-order valence-corrected chi connectivity index (χ1v) is 12.0. The normalized spacial score (nSPS) is 12.8. The number of nitro benzene ring substituents is 2. The molecule has 0 fully saturated rings. The molecule has 0 aliphatic carbocycles. The van der Waals surface area contributed by atoms with Gasteiger partial charge < -0.3 is 9.47 Å². The van der Waals surface area contributed by atoms with Gasteiger partial charge in [-0.05, 0) is 30.2 Å². The summed E-state index contributed by atoms with van der Waals surface area (Å²) < 4.78 is 12.2. The fourth-order valence-corrected chi connectivity index (χ4v) is 4.59. The molecule has 12 heteroatoms. The summed E-state index contributed by atoms with van der Waals surface area (Å²) in [5, 5.41) is 29.1. The molecule has 186 valence electrons. The maximum Gasteiger partial charge on any atom is 0.282 e. The van der Waals surface area contributed by atoms with E-state index in [-0.39, 0.29) is 23.7 Å². The fraction of sp³-hybridized carbons (Fsp3) is 0.120. The van der Waals surface area contributed by atoms with E-state index in [9.17, 15) is 20.2 Å². The third-order valence-corrected chi connectivity index (χ3v) is 6.43. The summed E-state index contributed by atoms with van der Waals surface area (Å²) in [6.07, 6.45) is 2.10. The Morgan fingerprint density at radius 1 is 0.973 bits per heavy atom. The Morgan fingerprint density at radius 3 is 2.41 bits per heavy atom. The SMILES string of the molecule is O=[N+]([O-])c1ccc(-c2csc(=NCCc3ccccc3)n2N=Cc2cc3c(cc2[N+](=O)[O-])OCO3)cc1. The number of non-ortho nitro benzene ring substituents is 1. The number of ether oxygens (including phenoxy) is 2. The quantitative estimate of drug-likeness (QED) is 0.187. The van der Waals surface area contributed by atoms with Crippen molar-refractivity contribution in [3.05, 3.63) is 108 Å². The minimum atomic E-state index is -0.510. The molecule has 0 spiro atoms. The monoisotopic (exact) mass is 517 g/mol. The second-order valence-corrected chi connectivity index (χ2v) is 8.74. The van der Waals surface area contributed by atoms with Crippen LogP contribution in [0, 0.1) is 20.2 Å². The predicted molar refractivity (Wildman–Crippen MR) is 137 cm³/mol. The molecule has 4 aromatic rings. The first-order chi connectivity index (χ1) is 18.0. The third kappa shape index (κ3) is 5.23. The molecule has 2 heterocycles. The van der Waals surface area contributed by atoms with Crippen molar-refractivity contribution in [3.63, 3.8) is 0 Å². The predicted octanol–water partition coefficient (Wildman–Crippen LogP) is 4.79. The Kier molecular flexibility index (Phi) is 6.72. The zero-order valence-electron chi connectivity index (χ0n) is 19.2. The van der Waals surface area contributed by atoms with Gasteiger partial charge in [0, 0.05) is 29.6 Å². The van der Waals surface area contributed by atoms with Gasteiger partial charge in [-0.25, -0.2) is 4.68 Å². The second-order valence-electron chi connectivity index (χ2n) is 7.90.